The molecule has 0 aliphatic rings. The Morgan fingerprint density at radius 2 is 2.33 bits per heavy atom. The number of hydrogen-bond donors (Lipinski definition) is 0. The molecule has 0 saturated carbocycles. The van der Waals surface area contributed by atoms with Gasteiger partial charge in [-0.2, -0.15) is 0 Å². The number of fused-ring (bicyclic) bond motifs is 1. The fourth-order valence-corrected chi connectivity index (χ4v) is 2.46. The third-order valence-corrected chi connectivity index (χ3v) is 3.91. The van der Waals surface area contributed by atoms with Crippen LogP contribution in [0, 0.1) is 0 Å². The van der Waals surface area contributed by atoms with Gasteiger partial charge in [-0.25, -0.2) is 4.98 Å². The maximum atomic E-state index is 5.86. The number of nitrogens with zero attached hydrogens (tertiary/aromatic N) is 2. The average Bonchev–Trinajstić information content (AvgIpc) is 2.74. The fraction of sp³-hybridized carbons (Fsp3) is 0.364. The first-order valence-electron chi connectivity index (χ1n) is 4.85. The topological polar surface area (TPSA) is 16.1 Å². The summed E-state index contributed by atoms with van der Waals surface area (Å²) in [5.41, 5.74) is 0. The van der Waals surface area contributed by atoms with Crippen LogP contribution in [0.15, 0.2) is 23.7 Å². The average molecular weight is 241 g/mol. The minimum absolute atomic E-state index is 0.296. The molecule has 0 aliphatic carbocycles. The SMILES string of the molecule is CC(CCl)N(C)c1nccc2sccc12. The summed E-state index contributed by atoms with van der Waals surface area (Å²) in [6.45, 7) is 2.10. The van der Waals surface area contributed by atoms with Crippen molar-refractivity contribution in [2.24, 2.45) is 0 Å². The Bertz CT molecular complexity index is 455. The Kier molecular flexibility index (Phi) is 3.12. The number of thiophene rings is 1. The van der Waals surface area contributed by atoms with E-state index in [1.165, 1.54) is 10.1 Å². The third-order valence-electron chi connectivity index (χ3n) is 2.58. The number of halogens is 1. The number of anilines is 1. The van der Waals surface area contributed by atoms with Crippen LogP contribution in [0.1, 0.15) is 6.92 Å². The molecule has 0 bridgehead atoms. The summed E-state index contributed by atoms with van der Waals surface area (Å²) in [4.78, 5) is 6.55. The van der Waals surface area contributed by atoms with E-state index < -0.39 is 0 Å². The van der Waals surface area contributed by atoms with E-state index in [0.29, 0.717) is 11.9 Å². The number of aromatic nitrogens is 1. The van der Waals surface area contributed by atoms with Crippen LogP contribution in [0.2, 0.25) is 0 Å². The molecule has 0 radical (unpaired) electrons. The molecular formula is C11H13ClN2S. The molecular weight excluding hydrogens is 228 g/mol. The highest BCUT2D eigenvalue weighted by Gasteiger charge is 2.13. The Hall–Kier alpha value is -0.800. The predicted octanol–water partition coefficient (Wildman–Crippen LogP) is 3.36. The van der Waals surface area contributed by atoms with Crippen molar-refractivity contribution in [1.29, 1.82) is 0 Å². The molecule has 2 rings (SSSR count). The second-order valence-corrected chi connectivity index (χ2v) is 4.84. The van der Waals surface area contributed by atoms with Crippen LogP contribution in [-0.4, -0.2) is 24.0 Å². The second-order valence-electron chi connectivity index (χ2n) is 3.58. The van der Waals surface area contributed by atoms with Crippen molar-refractivity contribution in [3.63, 3.8) is 0 Å². The maximum Gasteiger partial charge on any atom is 0.137 e. The lowest BCUT2D eigenvalue weighted by atomic mass is 10.2. The van der Waals surface area contributed by atoms with Gasteiger partial charge in [-0.3, -0.25) is 0 Å². The van der Waals surface area contributed by atoms with Gasteiger partial charge in [0.2, 0.25) is 0 Å². The van der Waals surface area contributed by atoms with E-state index in [2.05, 4.69) is 28.3 Å². The lowest BCUT2D eigenvalue weighted by molar-refractivity contribution is 0.753. The minimum atomic E-state index is 0.296. The quantitative estimate of drug-likeness (QED) is 0.765. The highest BCUT2D eigenvalue weighted by atomic mass is 35.5. The Labute approximate surface area is 98.5 Å². The Morgan fingerprint density at radius 3 is 3.07 bits per heavy atom. The summed E-state index contributed by atoms with van der Waals surface area (Å²) in [5.74, 6) is 1.63. The van der Waals surface area contributed by atoms with Gasteiger partial charge >= 0.3 is 0 Å². The van der Waals surface area contributed by atoms with Crippen LogP contribution < -0.4 is 4.90 Å². The molecule has 0 amide bonds. The maximum absolute atomic E-state index is 5.86. The highest BCUT2D eigenvalue weighted by Crippen LogP contribution is 2.28. The molecule has 2 nitrogen and oxygen atoms in total. The van der Waals surface area contributed by atoms with Crippen molar-refractivity contribution in [1.82, 2.24) is 4.98 Å². The van der Waals surface area contributed by atoms with Crippen LogP contribution in [0.4, 0.5) is 5.82 Å². The first-order valence-corrected chi connectivity index (χ1v) is 6.26. The molecule has 0 saturated heterocycles. The Balaban J connectivity index is 2.46. The van der Waals surface area contributed by atoms with E-state index in [9.17, 15) is 0 Å². The summed E-state index contributed by atoms with van der Waals surface area (Å²) in [5, 5.41) is 3.30. The first-order chi connectivity index (χ1) is 7.24. The molecule has 1 atom stereocenters. The Morgan fingerprint density at radius 1 is 1.53 bits per heavy atom. The minimum Gasteiger partial charge on any atom is -0.355 e. The molecule has 0 aromatic carbocycles. The first kappa shape index (κ1) is 10.7. The van der Waals surface area contributed by atoms with Gasteiger partial charge in [0.1, 0.15) is 5.82 Å². The fourth-order valence-electron chi connectivity index (χ4n) is 1.47. The smallest absolute Gasteiger partial charge is 0.137 e. The van der Waals surface area contributed by atoms with E-state index in [0.717, 1.165) is 5.82 Å². The summed E-state index contributed by atoms with van der Waals surface area (Å²) in [7, 11) is 2.03. The molecule has 15 heavy (non-hydrogen) atoms. The zero-order valence-electron chi connectivity index (χ0n) is 8.77. The largest absolute Gasteiger partial charge is 0.355 e. The van der Waals surface area contributed by atoms with Gasteiger partial charge in [-0.15, -0.1) is 22.9 Å². The number of alkyl halides is 1. The third kappa shape index (κ3) is 1.94. The van der Waals surface area contributed by atoms with Crippen LogP contribution in [0.3, 0.4) is 0 Å². The molecule has 1 unspecified atom stereocenters. The van der Waals surface area contributed by atoms with Crippen molar-refractivity contribution in [2.45, 2.75) is 13.0 Å². The van der Waals surface area contributed by atoms with Crippen molar-refractivity contribution in [2.75, 3.05) is 17.8 Å². The van der Waals surface area contributed by atoms with Crippen LogP contribution in [0.25, 0.3) is 10.1 Å². The molecule has 2 aromatic rings. The monoisotopic (exact) mass is 240 g/mol. The lowest BCUT2D eigenvalue weighted by Gasteiger charge is -2.24. The van der Waals surface area contributed by atoms with Crippen molar-refractivity contribution < 1.29 is 0 Å². The van der Waals surface area contributed by atoms with Gasteiger partial charge in [-0.1, -0.05) is 0 Å². The van der Waals surface area contributed by atoms with Crippen molar-refractivity contribution >= 4 is 38.8 Å². The molecule has 0 fully saturated rings. The van der Waals surface area contributed by atoms with Gasteiger partial charge in [0, 0.05) is 35.3 Å². The molecule has 80 valence electrons. The van der Waals surface area contributed by atoms with Crippen LogP contribution in [0.5, 0.6) is 0 Å². The van der Waals surface area contributed by atoms with E-state index in [4.69, 9.17) is 11.6 Å². The zero-order valence-corrected chi connectivity index (χ0v) is 10.3. The normalized spacial score (nSPS) is 13.0. The molecule has 0 aliphatic heterocycles. The summed E-state index contributed by atoms with van der Waals surface area (Å²) in [6, 6.07) is 4.45. The van der Waals surface area contributed by atoms with Crippen LogP contribution in [-0.2, 0) is 0 Å². The molecule has 4 heteroatoms. The molecule has 0 N–H and O–H groups in total. The van der Waals surface area contributed by atoms with Gasteiger partial charge in [0.25, 0.3) is 0 Å². The van der Waals surface area contributed by atoms with E-state index in [1.807, 2.05) is 19.3 Å². The van der Waals surface area contributed by atoms with Crippen molar-refractivity contribution in [3.05, 3.63) is 23.7 Å². The van der Waals surface area contributed by atoms with Gasteiger partial charge in [0.05, 0.1) is 0 Å². The number of pyridine rings is 1. The zero-order chi connectivity index (χ0) is 10.8. The molecule has 2 heterocycles. The molecule has 0 spiro atoms. The summed E-state index contributed by atoms with van der Waals surface area (Å²) < 4.78 is 1.27. The summed E-state index contributed by atoms with van der Waals surface area (Å²) >= 11 is 7.59. The van der Waals surface area contributed by atoms with Gasteiger partial charge in [-0.05, 0) is 24.4 Å². The van der Waals surface area contributed by atoms with Crippen LogP contribution >= 0.6 is 22.9 Å². The second kappa shape index (κ2) is 4.37. The molecule has 2 aromatic heterocycles. The van der Waals surface area contributed by atoms with E-state index >= 15 is 0 Å². The number of hydrogen-bond acceptors (Lipinski definition) is 3. The highest BCUT2D eigenvalue weighted by molar-refractivity contribution is 7.17. The van der Waals surface area contributed by atoms with E-state index in [1.54, 1.807) is 11.3 Å². The van der Waals surface area contributed by atoms with Gasteiger partial charge < -0.3 is 4.90 Å². The predicted molar refractivity (Wildman–Crippen MR) is 68.2 cm³/mol. The van der Waals surface area contributed by atoms with Gasteiger partial charge in [0.15, 0.2) is 0 Å². The standard InChI is InChI=1S/C11H13ClN2S/c1-8(7-12)14(2)11-9-4-6-15-10(9)3-5-13-11/h3-6,8H,7H2,1-2H3. The lowest BCUT2D eigenvalue weighted by Crippen LogP contribution is -2.30. The van der Waals surface area contributed by atoms with Crippen molar-refractivity contribution in [3.8, 4) is 0 Å². The van der Waals surface area contributed by atoms with E-state index in [-0.39, 0.29) is 0 Å². The number of rotatable bonds is 3. The summed E-state index contributed by atoms with van der Waals surface area (Å²) in [6.07, 6.45) is 1.85.